The molecule has 2 aromatic heterocycles. The monoisotopic (exact) mass is 436 g/mol. The maximum absolute atomic E-state index is 13.4. The molecule has 4 heterocycles. The molecule has 32 heavy (non-hydrogen) atoms. The van der Waals surface area contributed by atoms with Crippen LogP contribution in [0.2, 0.25) is 0 Å². The van der Waals surface area contributed by atoms with Gasteiger partial charge in [-0.15, -0.1) is 5.10 Å². The molecule has 1 N–H and O–H groups in total. The molecule has 9 heteroatoms. The van der Waals surface area contributed by atoms with E-state index in [2.05, 4.69) is 25.4 Å². The molecule has 3 aromatic rings. The Morgan fingerprint density at radius 2 is 1.72 bits per heavy atom. The fraction of sp³-hybridized carbons (Fsp3) is 0.565. The van der Waals surface area contributed by atoms with Crippen molar-refractivity contribution in [3.8, 4) is 11.5 Å². The fourth-order valence-electron chi connectivity index (χ4n) is 5.46. The van der Waals surface area contributed by atoms with E-state index in [4.69, 9.17) is 9.47 Å². The molecule has 0 radical (unpaired) electrons. The second kappa shape index (κ2) is 8.20. The van der Waals surface area contributed by atoms with Crippen molar-refractivity contribution in [2.45, 2.75) is 63.5 Å². The van der Waals surface area contributed by atoms with Gasteiger partial charge >= 0.3 is 0 Å². The third kappa shape index (κ3) is 3.44. The van der Waals surface area contributed by atoms with Crippen LogP contribution in [0.1, 0.15) is 74.8 Å². The standard InChI is InChI=1S/C23H28N6O3/c30-23-17(11-15-12-19-20(32-14-31-19)13-18(15)24-23)21(28-9-5-1-2-6-10-28)22-25-26-27-29(22)16-7-3-4-8-16/h11-13,16,21H,1-10,14H2,(H,24,30)/t21-/m0/s1. The van der Waals surface area contributed by atoms with Crippen LogP contribution in [0.5, 0.6) is 11.5 Å². The second-order valence-corrected chi connectivity index (χ2v) is 9.12. The van der Waals surface area contributed by atoms with Gasteiger partial charge in [-0.05, 0) is 61.3 Å². The van der Waals surface area contributed by atoms with Gasteiger partial charge < -0.3 is 14.5 Å². The third-order valence-electron chi connectivity index (χ3n) is 7.10. The topological polar surface area (TPSA) is 98.2 Å². The van der Waals surface area contributed by atoms with Crippen LogP contribution in [0, 0.1) is 0 Å². The van der Waals surface area contributed by atoms with Crippen LogP contribution in [-0.2, 0) is 0 Å². The zero-order valence-electron chi connectivity index (χ0n) is 18.1. The number of H-pyrrole nitrogens is 1. The summed E-state index contributed by atoms with van der Waals surface area (Å²) in [5.74, 6) is 2.15. The Bertz CT molecular complexity index is 1170. The number of hydrogen-bond donors (Lipinski definition) is 1. The predicted octanol–water partition coefficient (Wildman–Crippen LogP) is 3.32. The van der Waals surface area contributed by atoms with Gasteiger partial charge in [-0.25, -0.2) is 4.68 Å². The lowest BCUT2D eigenvalue weighted by atomic mass is 10.0. The van der Waals surface area contributed by atoms with Gasteiger partial charge in [0.2, 0.25) is 6.79 Å². The Balaban J connectivity index is 1.49. The van der Waals surface area contributed by atoms with Gasteiger partial charge in [0, 0.05) is 17.0 Å². The van der Waals surface area contributed by atoms with Crippen molar-refractivity contribution in [2.75, 3.05) is 19.9 Å². The average Bonchev–Trinajstić information content (AvgIpc) is 3.53. The molecule has 3 aliphatic rings. The van der Waals surface area contributed by atoms with Crippen molar-refractivity contribution in [1.82, 2.24) is 30.1 Å². The summed E-state index contributed by atoms with van der Waals surface area (Å²) in [6, 6.07) is 5.80. The van der Waals surface area contributed by atoms with Crippen LogP contribution in [0.15, 0.2) is 23.0 Å². The number of rotatable bonds is 4. The Hall–Kier alpha value is -2.94. The summed E-state index contributed by atoms with van der Waals surface area (Å²) < 4.78 is 13.0. The molecular formula is C23H28N6O3. The number of nitrogens with one attached hydrogen (secondary N) is 1. The smallest absolute Gasteiger partial charge is 0.253 e. The summed E-state index contributed by atoms with van der Waals surface area (Å²) >= 11 is 0. The van der Waals surface area contributed by atoms with Crippen LogP contribution in [0.3, 0.4) is 0 Å². The largest absolute Gasteiger partial charge is 0.454 e. The number of benzene rings is 1. The highest BCUT2D eigenvalue weighted by Gasteiger charge is 2.33. The van der Waals surface area contributed by atoms with E-state index >= 15 is 0 Å². The molecule has 9 nitrogen and oxygen atoms in total. The van der Waals surface area contributed by atoms with Gasteiger partial charge in [-0.2, -0.15) is 0 Å². The van der Waals surface area contributed by atoms with E-state index in [1.807, 2.05) is 22.9 Å². The predicted molar refractivity (Wildman–Crippen MR) is 118 cm³/mol. The molecule has 0 unspecified atom stereocenters. The zero-order chi connectivity index (χ0) is 21.5. The minimum atomic E-state index is -0.276. The summed E-state index contributed by atoms with van der Waals surface area (Å²) in [6.45, 7) is 2.07. The van der Waals surface area contributed by atoms with Crippen LogP contribution in [-0.4, -0.2) is 50.0 Å². The summed E-state index contributed by atoms with van der Waals surface area (Å²) in [5.41, 5.74) is 1.33. The number of ether oxygens (including phenoxy) is 2. The molecule has 2 aliphatic heterocycles. The van der Waals surface area contributed by atoms with E-state index in [0.29, 0.717) is 23.1 Å². The second-order valence-electron chi connectivity index (χ2n) is 9.12. The average molecular weight is 437 g/mol. The van der Waals surface area contributed by atoms with Crippen LogP contribution in [0.4, 0.5) is 0 Å². The molecular weight excluding hydrogens is 408 g/mol. The SMILES string of the molecule is O=c1[nH]c2cc3c(cc2cc1[C@@H](c1nnnn1C1CCCC1)N1CCCCCC1)OCO3. The van der Waals surface area contributed by atoms with Crippen molar-refractivity contribution in [3.05, 3.63) is 39.9 Å². The highest BCUT2D eigenvalue weighted by molar-refractivity contribution is 5.83. The van der Waals surface area contributed by atoms with Crippen molar-refractivity contribution in [1.29, 1.82) is 0 Å². The summed E-state index contributed by atoms with van der Waals surface area (Å²) in [5, 5.41) is 13.8. The number of pyridine rings is 1. The van der Waals surface area contributed by atoms with E-state index in [9.17, 15) is 4.79 Å². The molecule has 1 aliphatic carbocycles. The van der Waals surface area contributed by atoms with E-state index in [0.717, 1.165) is 55.5 Å². The zero-order valence-corrected chi connectivity index (χ0v) is 18.1. The molecule has 0 amide bonds. The van der Waals surface area contributed by atoms with Crippen molar-refractivity contribution in [2.24, 2.45) is 0 Å². The maximum Gasteiger partial charge on any atom is 0.253 e. The molecule has 0 bridgehead atoms. The Morgan fingerprint density at radius 1 is 0.969 bits per heavy atom. The quantitative estimate of drug-likeness (QED) is 0.670. The lowest BCUT2D eigenvalue weighted by molar-refractivity contribution is 0.174. The first-order valence-electron chi connectivity index (χ1n) is 11.8. The van der Waals surface area contributed by atoms with Gasteiger partial charge in [-0.3, -0.25) is 9.69 Å². The minimum absolute atomic E-state index is 0.105. The van der Waals surface area contributed by atoms with Gasteiger partial charge in [0.1, 0.15) is 6.04 Å². The van der Waals surface area contributed by atoms with Gasteiger partial charge in [0.25, 0.3) is 5.56 Å². The van der Waals surface area contributed by atoms with Crippen molar-refractivity contribution >= 4 is 10.9 Å². The molecule has 1 saturated carbocycles. The van der Waals surface area contributed by atoms with E-state index in [1.165, 1.54) is 25.7 Å². The van der Waals surface area contributed by atoms with E-state index in [-0.39, 0.29) is 18.4 Å². The number of tetrazole rings is 1. The van der Waals surface area contributed by atoms with Crippen LogP contribution < -0.4 is 15.0 Å². The maximum atomic E-state index is 13.4. The number of aromatic amines is 1. The summed E-state index contributed by atoms with van der Waals surface area (Å²) in [6.07, 6.45) is 9.23. The minimum Gasteiger partial charge on any atom is -0.454 e. The molecule has 1 aromatic carbocycles. The number of nitrogens with zero attached hydrogens (tertiary/aromatic N) is 5. The summed E-state index contributed by atoms with van der Waals surface area (Å²) in [7, 11) is 0. The molecule has 2 fully saturated rings. The van der Waals surface area contributed by atoms with Gasteiger partial charge in [0.15, 0.2) is 17.3 Å². The van der Waals surface area contributed by atoms with E-state index < -0.39 is 0 Å². The Kier molecular flexibility index (Phi) is 5.05. The molecule has 1 atom stereocenters. The van der Waals surface area contributed by atoms with Crippen molar-refractivity contribution < 1.29 is 9.47 Å². The van der Waals surface area contributed by atoms with E-state index in [1.54, 1.807) is 0 Å². The van der Waals surface area contributed by atoms with Crippen molar-refractivity contribution in [3.63, 3.8) is 0 Å². The Labute approximate surface area is 185 Å². The van der Waals surface area contributed by atoms with Gasteiger partial charge in [-0.1, -0.05) is 25.7 Å². The van der Waals surface area contributed by atoms with Gasteiger partial charge in [0.05, 0.1) is 11.6 Å². The number of likely N-dealkylation sites (tertiary alicyclic amines) is 1. The highest BCUT2D eigenvalue weighted by Crippen LogP contribution is 2.37. The normalized spacial score (nSPS) is 20.6. The molecule has 0 spiro atoms. The van der Waals surface area contributed by atoms with Crippen LogP contribution >= 0.6 is 0 Å². The number of aromatic nitrogens is 5. The highest BCUT2D eigenvalue weighted by atomic mass is 16.7. The third-order valence-corrected chi connectivity index (χ3v) is 7.10. The number of fused-ring (bicyclic) bond motifs is 2. The summed E-state index contributed by atoms with van der Waals surface area (Å²) in [4.78, 5) is 18.9. The first-order valence-corrected chi connectivity index (χ1v) is 11.8. The fourth-order valence-corrected chi connectivity index (χ4v) is 5.46. The molecule has 6 rings (SSSR count). The molecule has 1 saturated heterocycles. The molecule has 168 valence electrons. The Morgan fingerprint density at radius 3 is 2.50 bits per heavy atom. The lowest BCUT2D eigenvalue weighted by Crippen LogP contribution is -2.36. The first kappa shape index (κ1) is 19.7. The first-order chi connectivity index (χ1) is 15.8. The van der Waals surface area contributed by atoms with Crippen LogP contribution in [0.25, 0.3) is 10.9 Å². The number of hydrogen-bond acceptors (Lipinski definition) is 7. The lowest BCUT2D eigenvalue weighted by Gasteiger charge is -2.30.